The number of non-ortho nitro benzene ring substituents is 1. The lowest BCUT2D eigenvalue weighted by Gasteiger charge is -2.08. The minimum absolute atomic E-state index is 0.00307. The summed E-state index contributed by atoms with van der Waals surface area (Å²) in [5.74, 6) is -0.196. The van der Waals surface area contributed by atoms with Crippen molar-refractivity contribution >= 4 is 28.9 Å². The quantitative estimate of drug-likeness (QED) is 0.679. The van der Waals surface area contributed by atoms with Gasteiger partial charge in [0, 0.05) is 37.0 Å². The number of benzene rings is 1. The average Bonchev–Trinajstić information content (AvgIpc) is 2.84. The highest BCUT2D eigenvalue weighted by atomic mass is 35.5. The van der Waals surface area contributed by atoms with E-state index in [-0.39, 0.29) is 18.0 Å². The Hall–Kier alpha value is -2.41. The molecule has 110 valence electrons. The number of nitro benzene ring substituents is 1. The third-order valence-electron chi connectivity index (χ3n) is 2.86. The number of anilines is 1. The van der Waals surface area contributed by atoms with E-state index in [9.17, 15) is 14.9 Å². The van der Waals surface area contributed by atoms with Gasteiger partial charge in [0.25, 0.3) is 5.69 Å². The van der Waals surface area contributed by atoms with Crippen LogP contribution in [-0.4, -0.2) is 20.6 Å². The largest absolute Gasteiger partial charge is 0.326 e. The van der Waals surface area contributed by atoms with Crippen molar-refractivity contribution in [2.45, 2.75) is 19.9 Å². The molecule has 2 aromatic rings. The fourth-order valence-corrected chi connectivity index (χ4v) is 1.95. The van der Waals surface area contributed by atoms with Gasteiger partial charge in [-0.2, -0.15) is 5.10 Å². The minimum Gasteiger partial charge on any atom is -0.326 e. The highest BCUT2D eigenvalue weighted by Gasteiger charge is 2.10. The Morgan fingerprint density at radius 1 is 1.52 bits per heavy atom. The first-order valence-electron chi connectivity index (χ1n) is 6.18. The van der Waals surface area contributed by atoms with Crippen LogP contribution in [-0.2, 0) is 11.3 Å². The van der Waals surface area contributed by atoms with Crippen LogP contribution in [0.3, 0.4) is 0 Å². The number of nitrogens with one attached hydrogen (secondary N) is 1. The summed E-state index contributed by atoms with van der Waals surface area (Å²) in [6, 6.07) is 4.30. The van der Waals surface area contributed by atoms with Crippen LogP contribution in [0.2, 0.25) is 5.02 Å². The molecular formula is C13H13ClN4O3. The van der Waals surface area contributed by atoms with E-state index in [2.05, 4.69) is 10.4 Å². The smallest absolute Gasteiger partial charge is 0.269 e. The highest BCUT2D eigenvalue weighted by molar-refractivity contribution is 6.30. The number of hydrogen-bond acceptors (Lipinski definition) is 4. The third kappa shape index (κ3) is 4.03. The van der Waals surface area contributed by atoms with Crippen LogP contribution in [0.4, 0.5) is 11.4 Å². The monoisotopic (exact) mass is 308 g/mol. The molecule has 21 heavy (non-hydrogen) atoms. The fraction of sp³-hybridized carbons (Fsp3) is 0.231. The summed E-state index contributed by atoms with van der Waals surface area (Å²) >= 11 is 5.73. The molecule has 0 aliphatic heterocycles. The summed E-state index contributed by atoms with van der Waals surface area (Å²) in [6.07, 6.45) is 3.36. The van der Waals surface area contributed by atoms with Crippen LogP contribution in [0.25, 0.3) is 0 Å². The van der Waals surface area contributed by atoms with E-state index < -0.39 is 4.92 Å². The zero-order valence-corrected chi connectivity index (χ0v) is 12.0. The standard InChI is InChI=1S/C13H13ClN4O3/c1-9-6-11(18(20)21)2-3-12(9)16-13(19)4-5-17-8-10(14)7-15-17/h2-3,6-8H,4-5H2,1H3,(H,16,19). The first-order chi connectivity index (χ1) is 9.95. The second-order valence-corrected chi connectivity index (χ2v) is 4.91. The Balaban J connectivity index is 1.94. The molecule has 0 bridgehead atoms. The molecule has 2 rings (SSSR count). The lowest BCUT2D eigenvalue weighted by Crippen LogP contribution is -2.15. The molecule has 0 unspecified atom stereocenters. The Bertz CT molecular complexity index is 684. The van der Waals surface area contributed by atoms with E-state index in [0.717, 1.165) is 0 Å². The molecule has 7 nitrogen and oxygen atoms in total. The van der Waals surface area contributed by atoms with Crippen LogP contribution in [0.15, 0.2) is 30.6 Å². The number of carbonyl (C=O) groups is 1. The van der Waals surface area contributed by atoms with Gasteiger partial charge in [-0.15, -0.1) is 0 Å². The van der Waals surface area contributed by atoms with Crippen molar-refractivity contribution in [3.63, 3.8) is 0 Å². The van der Waals surface area contributed by atoms with E-state index in [0.29, 0.717) is 22.8 Å². The van der Waals surface area contributed by atoms with E-state index >= 15 is 0 Å². The van der Waals surface area contributed by atoms with Gasteiger partial charge in [-0.05, 0) is 18.6 Å². The number of aromatic nitrogens is 2. The Morgan fingerprint density at radius 3 is 2.86 bits per heavy atom. The van der Waals surface area contributed by atoms with Gasteiger partial charge in [-0.25, -0.2) is 0 Å². The first-order valence-corrected chi connectivity index (χ1v) is 6.56. The predicted molar refractivity (Wildman–Crippen MR) is 78.3 cm³/mol. The van der Waals surface area contributed by atoms with Crippen molar-refractivity contribution in [3.05, 3.63) is 51.3 Å². The van der Waals surface area contributed by atoms with Gasteiger partial charge >= 0.3 is 0 Å². The molecule has 0 saturated heterocycles. The van der Waals surface area contributed by atoms with Crippen molar-refractivity contribution in [3.8, 4) is 0 Å². The number of nitro groups is 1. The summed E-state index contributed by atoms with van der Waals surface area (Å²) in [5, 5.41) is 17.9. The zero-order valence-electron chi connectivity index (χ0n) is 11.2. The second kappa shape index (κ2) is 6.36. The number of carbonyl (C=O) groups excluding carboxylic acids is 1. The molecule has 1 aromatic carbocycles. The fourth-order valence-electron chi connectivity index (χ4n) is 1.79. The molecule has 1 amide bonds. The van der Waals surface area contributed by atoms with Gasteiger partial charge < -0.3 is 5.32 Å². The maximum atomic E-state index is 11.8. The Labute approximate surface area is 125 Å². The predicted octanol–water partition coefficient (Wildman–Crippen LogP) is 2.78. The van der Waals surface area contributed by atoms with E-state index in [1.807, 2.05) is 0 Å². The summed E-state index contributed by atoms with van der Waals surface area (Å²) < 4.78 is 1.57. The molecule has 0 fully saturated rings. The lowest BCUT2D eigenvalue weighted by atomic mass is 10.1. The van der Waals surface area contributed by atoms with Crippen LogP contribution >= 0.6 is 11.6 Å². The molecule has 1 heterocycles. The summed E-state index contributed by atoms with van der Waals surface area (Å²) in [5.41, 5.74) is 1.19. The average molecular weight is 309 g/mol. The number of nitrogens with zero attached hydrogens (tertiary/aromatic N) is 3. The van der Waals surface area contributed by atoms with Crippen LogP contribution in [0, 0.1) is 17.0 Å². The molecule has 8 heteroatoms. The van der Waals surface area contributed by atoms with Gasteiger partial charge in [0.05, 0.1) is 16.1 Å². The maximum absolute atomic E-state index is 11.8. The minimum atomic E-state index is -0.472. The van der Waals surface area contributed by atoms with Crippen molar-refractivity contribution in [2.75, 3.05) is 5.32 Å². The van der Waals surface area contributed by atoms with E-state index in [1.54, 1.807) is 17.8 Å². The van der Waals surface area contributed by atoms with Crippen LogP contribution in [0.5, 0.6) is 0 Å². The van der Waals surface area contributed by atoms with Gasteiger partial charge in [-0.1, -0.05) is 11.6 Å². The summed E-state index contributed by atoms with van der Waals surface area (Å²) in [6.45, 7) is 2.11. The number of rotatable bonds is 5. The third-order valence-corrected chi connectivity index (χ3v) is 3.06. The number of hydrogen-bond donors (Lipinski definition) is 1. The number of halogens is 1. The number of amides is 1. The molecule has 0 spiro atoms. The van der Waals surface area contributed by atoms with Crippen LogP contribution < -0.4 is 5.32 Å². The Kier molecular flexibility index (Phi) is 4.54. The van der Waals surface area contributed by atoms with Gasteiger partial charge in [0.2, 0.25) is 5.91 Å². The summed E-state index contributed by atoms with van der Waals surface area (Å²) in [4.78, 5) is 22.0. The SMILES string of the molecule is Cc1cc([N+](=O)[O-])ccc1NC(=O)CCn1cc(Cl)cn1. The van der Waals surface area contributed by atoms with Gasteiger partial charge in [0.15, 0.2) is 0 Å². The van der Waals surface area contributed by atoms with Crippen LogP contribution in [0.1, 0.15) is 12.0 Å². The normalized spacial score (nSPS) is 10.4. The summed E-state index contributed by atoms with van der Waals surface area (Å²) in [7, 11) is 0. The molecular weight excluding hydrogens is 296 g/mol. The first kappa shape index (κ1) is 15.0. The van der Waals surface area contributed by atoms with Crippen molar-refractivity contribution < 1.29 is 9.72 Å². The van der Waals surface area contributed by atoms with Gasteiger partial charge in [-0.3, -0.25) is 19.6 Å². The molecule has 0 aliphatic rings. The van der Waals surface area contributed by atoms with E-state index in [4.69, 9.17) is 11.6 Å². The molecule has 0 radical (unpaired) electrons. The highest BCUT2D eigenvalue weighted by Crippen LogP contribution is 2.21. The number of aryl methyl sites for hydroxylation is 2. The molecule has 1 N–H and O–H groups in total. The zero-order chi connectivity index (χ0) is 15.4. The lowest BCUT2D eigenvalue weighted by molar-refractivity contribution is -0.384. The van der Waals surface area contributed by atoms with Crippen molar-refractivity contribution in [1.29, 1.82) is 0 Å². The van der Waals surface area contributed by atoms with E-state index in [1.165, 1.54) is 24.4 Å². The molecule has 0 saturated carbocycles. The topological polar surface area (TPSA) is 90.1 Å². The van der Waals surface area contributed by atoms with Gasteiger partial charge in [0.1, 0.15) is 0 Å². The van der Waals surface area contributed by atoms with Crippen molar-refractivity contribution in [2.24, 2.45) is 0 Å². The maximum Gasteiger partial charge on any atom is 0.269 e. The molecule has 1 aromatic heterocycles. The molecule has 0 aliphatic carbocycles. The molecule has 0 atom stereocenters. The second-order valence-electron chi connectivity index (χ2n) is 4.48. The van der Waals surface area contributed by atoms with Crippen molar-refractivity contribution in [1.82, 2.24) is 9.78 Å². The Morgan fingerprint density at radius 2 is 2.29 bits per heavy atom.